The van der Waals surface area contributed by atoms with Gasteiger partial charge in [0.1, 0.15) is 0 Å². The Hall–Kier alpha value is -2.15. The molecule has 1 aliphatic carbocycles. The topological polar surface area (TPSA) is 102 Å². The highest BCUT2D eigenvalue weighted by molar-refractivity contribution is 5.95. The summed E-state index contributed by atoms with van der Waals surface area (Å²) in [7, 11) is 0. The van der Waals surface area contributed by atoms with Gasteiger partial charge in [-0.1, -0.05) is 0 Å². The van der Waals surface area contributed by atoms with Crippen molar-refractivity contribution in [1.82, 2.24) is 0 Å². The van der Waals surface area contributed by atoms with Crippen molar-refractivity contribution in [2.24, 2.45) is 5.92 Å². The number of carbonyl (C=O) groups is 1. The van der Waals surface area contributed by atoms with E-state index in [4.69, 9.17) is 4.74 Å². The molecular weight excluding hydrogens is 276 g/mol. The number of carboxylic acids is 1. The van der Waals surface area contributed by atoms with Gasteiger partial charge in [-0.05, 0) is 31.2 Å². The minimum atomic E-state index is -1.18. The molecule has 1 saturated heterocycles. The number of hydrogen-bond acceptors (Lipinski definition) is 5. The van der Waals surface area contributed by atoms with Crippen molar-refractivity contribution >= 4 is 17.3 Å². The van der Waals surface area contributed by atoms with Gasteiger partial charge in [0.2, 0.25) is 0 Å². The zero-order valence-electron chi connectivity index (χ0n) is 11.3. The van der Waals surface area contributed by atoms with Crippen LogP contribution in [0.3, 0.4) is 0 Å². The van der Waals surface area contributed by atoms with E-state index in [0.717, 1.165) is 25.3 Å². The summed E-state index contributed by atoms with van der Waals surface area (Å²) in [6.45, 7) is 0.661. The number of benzene rings is 1. The standard InChI is InChI=1S/C14H16N2O5/c17-14(18)10-7-9(16(19)20)3-4-11(10)15-12-5-6-21-13(12)8-1-2-8/h3-4,7-8,12-13,15H,1-2,5-6H2,(H,17,18). The smallest absolute Gasteiger partial charge is 0.338 e. The Bertz CT molecular complexity index is 585. The summed E-state index contributed by atoms with van der Waals surface area (Å²) >= 11 is 0. The normalized spacial score (nSPS) is 24.8. The molecule has 0 spiro atoms. The van der Waals surface area contributed by atoms with Crippen LogP contribution in [-0.2, 0) is 4.74 Å². The molecule has 1 aromatic carbocycles. The van der Waals surface area contributed by atoms with Gasteiger partial charge >= 0.3 is 5.97 Å². The Kier molecular flexibility index (Phi) is 3.50. The molecule has 1 aliphatic heterocycles. The van der Waals surface area contributed by atoms with Crippen molar-refractivity contribution in [2.45, 2.75) is 31.4 Å². The Morgan fingerprint density at radius 2 is 2.14 bits per heavy atom. The molecule has 21 heavy (non-hydrogen) atoms. The second kappa shape index (κ2) is 5.33. The minimum Gasteiger partial charge on any atom is -0.478 e. The van der Waals surface area contributed by atoms with Crippen LogP contribution in [0.15, 0.2) is 18.2 Å². The Morgan fingerprint density at radius 1 is 1.38 bits per heavy atom. The maximum Gasteiger partial charge on any atom is 0.338 e. The van der Waals surface area contributed by atoms with E-state index in [1.54, 1.807) is 0 Å². The number of nitrogens with zero attached hydrogens (tertiary/aromatic N) is 1. The molecule has 1 aromatic rings. The molecule has 0 aromatic heterocycles. The number of ether oxygens (including phenoxy) is 1. The molecule has 0 bridgehead atoms. The third-order valence-corrected chi connectivity index (χ3v) is 4.01. The predicted octanol–water partition coefficient (Wildman–Crippen LogP) is 2.27. The van der Waals surface area contributed by atoms with Crippen LogP contribution in [-0.4, -0.2) is 34.8 Å². The summed E-state index contributed by atoms with van der Waals surface area (Å²) in [5.74, 6) is -0.626. The summed E-state index contributed by atoms with van der Waals surface area (Å²) in [5.41, 5.74) is 0.110. The number of nitro benzene ring substituents is 1. The van der Waals surface area contributed by atoms with Crippen molar-refractivity contribution in [2.75, 3.05) is 11.9 Å². The molecule has 7 nitrogen and oxygen atoms in total. The van der Waals surface area contributed by atoms with Gasteiger partial charge in [0.15, 0.2) is 0 Å². The molecular formula is C14H16N2O5. The maximum atomic E-state index is 11.3. The Balaban J connectivity index is 1.83. The molecule has 0 radical (unpaired) electrons. The van der Waals surface area contributed by atoms with E-state index < -0.39 is 10.9 Å². The number of carboxylic acid groups (broad SMARTS) is 1. The first-order valence-electron chi connectivity index (χ1n) is 6.96. The van der Waals surface area contributed by atoms with Crippen LogP contribution in [0.1, 0.15) is 29.6 Å². The molecule has 1 heterocycles. The number of nitro groups is 1. The van der Waals surface area contributed by atoms with Crippen molar-refractivity contribution in [3.63, 3.8) is 0 Å². The summed E-state index contributed by atoms with van der Waals surface area (Å²) in [6.07, 6.45) is 3.22. The molecule has 3 rings (SSSR count). The van der Waals surface area contributed by atoms with Crippen LogP contribution in [0, 0.1) is 16.0 Å². The van der Waals surface area contributed by atoms with Crippen molar-refractivity contribution in [3.8, 4) is 0 Å². The molecule has 0 amide bonds. The highest BCUT2D eigenvalue weighted by atomic mass is 16.6. The summed E-state index contributed by atoms with van der Waals surface area (Å²) in [4.78, 5) is 21.5. The fourth-order valence-corrected chi connectivity index (χ4v) is 2.80. The fourth-order valence-electron chi connectivity index (χ4n) is 2.80. The van der Waals surface area contributed by atoms with Crippen LogP contribution in [0.5, 0.6) is 0 Å². The van der Waals surface area contributed by atoms with Gasteiger partial charge in [-0.15, -0.1) is 0 Å². The van der Waals surface area contributed by atoms with E-state index in [-0.39, 0.29) is 23.4 Å². The molecule has 2 aliphatic rings. The second-order valence-corrected chi connectivity index (χ2v) is 5.50. The first-order chi connectivity index (χ1) is 10.1. The molecule has 2 N–H and O–H groups in total. The highest BCUT2D eigenvalue weighted by Crippen LogP contribution is 2.40. The number of rotatable bonds is 5. The molecule has 112 valence electrons. The van der Waals surface area contributed by atoms with Gasteiger partial charge in [0.25, 0.3) is 5.69 Å². The lowest BCUT2D eigenvalue weighted by Crippen LogP contribution is -2.31. The summed E-state index contributed by atoms with van der Waals surface area (Å²) in [5, 5.41) is 23.2. The van der Waals surface area contributed by atoms with Crippen LogP contribution < -0.4 is 5.32 Å². The van der Waals surface area contributed by atoms with Gasteiger partial charge in [0.05, 0.1) is 22.6 Å². The maximum absolute atomic E-state index is 11.3. The number of hydrogen-bond donors (Lipinski definition) is 2. The van der Waals surface area contributed by atoms with Crippen LogP contribution in [0.25, 0.3) is 0 Å². The lowest BCUT2D eigenvalue weighted by Gasteiger charge is -2.21. The zero-order chi connectivity index (χ0) is 15.0. The minimum absolute atomic E-state index is 0.0667. The number of aromatic carboxylic acids is 1. The molecule has 2 unspecified atom stereocenters. The van der Waals surface area contributed by atoms with Crippen LogP contribution in [0.4, 0.5) is 11.4 Å². The van der Waals surface area contributed by atoms with Gasteiger partial charge in [-0.25, -0.2) is 4.79 Å². The zero-order valence-corrected chi connectivity index (χ0v) is 11.3. The van der Waals surface area contributed by atoms with Gasteiger partial charge in [-0.3, -0.25) is 10.1 Å². The van der Waals surface area contributed by atoms with Gasteiger partial charge in [-0.2, -0.15) is 0 Å². The van der Waals surface area contributed by atoms with E-state index >= 15 is 0 Å². The molecule has 2 atom stereocenters. The summed E-state index contributed by atoms with van der Waals surface area (Å²) < 4.78 is 5.71. The quantitative estimate of drug-likeness (QED) is 0.637. The lowest BCUT2D eigenvalue weighted by atomic mass is 10.0. The van der Waals surface area contributed by atoms with Gasteiger partial charge < -0.3 is 15.2 Å². The van der Waals surface area contributed by atoms with Crippen LogP contribution in [0.2, 0.25) is 0 Å². The van der Waals surface area contributed by atoms with Crippen LogP contribution >= 0.6 is 0 Å². The number of nitrogens with one attached hydrogen (secondary N) is 1. The highest BCUT2D eigenvalue weighted by Gasteiger charge is 2.40. The van der Waals surface area contributed by atoms with E-state index in [9.17, 15) is 20.0 Å². The fraction of sp³-hybridized carbons (Fsp3) is 0.500. The average Bonchev–Trinajstić information content (AvgIpc) is 3.19. The van der Waals surface area contributed by atoms with Crippen molar-refractivity contribution in [3.05, 3.63) is 33.9 Å². The first-order valence-corrected chi connectivity index (χ1v) is 6.96. The Labute approximate surface area is 121 Å². The Morgan fingerprint density at radius 3 is 2.76 bits per heavy atom. The lowest BCUT2D eigenvalue weighted by molar-refractivity contribution is -0.384. The predicted molar refractivity (Wildman–Crippen MR) is 74.5 cm³/mol. The molecule has 7 heteroatoms. The second-order valence-electron chi connectivity index (χ2n) is 5.50. The van der Waals surface area contributed by atoms with Gasteiger partial charge in [0, 0.05) is 24.4 Å². The average molecular weight is 292 g/mol. The van der Waals surface area contributed by atoms with E-state index in [1.807, 2.05) is 0 Å². The summed E-state index contributed by atoms with van der Waals surface area (Å²) in [6, 6.07) is 3.93. The third-order valence-electron chi connectivity index (χ3n) is 4.01. The molecule has 2 fully saturated rings. The van der Waals surface area contributed by atoms with Crippen molar-refractivity contribution < 1.29 is 19.6 Å². The van der Waals surface area contributed by atoms with E-state index in [2.05, 4.69) is 5.32 Å². The van der Waals surface area contributed by atoms with Crippen molar-refractivity contribution in [1.29, 1.82) is 0 Å². The first kappa shape index (κ1) is 13.8. The molecule has 1 saturated carbocycles. The SMILES string of the molecule is O=C(O)c1cc([N+](=O)[O-])ccc1NC1CCOC1C1CC1. The number of non-ortho nitro benzene ring substituents is 1. The number of anilines is 1. The largest absolute Gasteiger partial charge is 0.478 e. The third kappa shape index (κ3) is 2.82. The van der Waals surface area contributed by atoms with E-state index in [1.165, 1.54) is 12.1 Å². The monoisotopic (exact) mass is 292 g/mol. The van der Waals surface area contributed by atoms with E-state index in [0.29, 0.717) is 18.2 Å².